The molecule has 0 saturated heterocycles. The first-order chi connectivity index (χ1) is 9.63. The maximum Gasteiger partial charge on any atom is 0.291 e. The number of pyridine rings is 1. The average molecular weight is 352 g/mol. The number of anilines is 1. The minimum absolute atomic E-state index is 0.220. The Morgan fingerprint density at radius 3 is 2.90 bits per heavy atom. The van der Waals surface area contributed by atoms with Gasteiger partial charge in [-0.3, -0.25) is 4.79 Å². The number of benzene rings is 1. The first kappa shape index (κ1) is 13.1. The van der Waals surface area contributed by atoms with Gasteiger partial charge in [0.2, 0.25) is 0 Å². The van der Waals surface area contributed by atoms with Crippen LogP contribution in [0.3, 0.4) is 0 Å². The van der Waals surface area contributed by atoms with E-state index in [1.807, 2.05) is 18.2 Å². The number of furan rings is 1. The number of nitrogens with zero attached hydrogens (tertiary/aromatic N) is 1. The second-order valence-electron chi connectivity index (χ2n) is 4.09. The molecule has 0 aliphatic carbocycles. The molecule has 0 atom stereocenters. The molecule has 2 heterocycles. The van der Waals surface area contributed by atoms with Crippen molar-refractivity contribution in [1.29, 1.82) is 0 Å². The van der Waals surface area contributed by atoms with Crippen molar-refractivity contribution in [1.82, 2.24) is 4.98 Å². The number of para-hydroxylation sites is 1. The van der Waals surface area contributed by atoms with Crippen LogP contribution < -0.4 is 5.32 Å². The van der Waals surface area contributed by atoms with Crippen LogP contribution in [-0.2, 0) is 0 Å². The predicted octanol–water partition coefficient (Wildman–Crippen LogP) is 4.50. The molecule has 6 heteroatoms. The van der Waals surface area contributed by atoms with Gasteiger partial charge in [-0.2, -0.15) is 0 Å². The third-order valence-corrected chi connectivity index (χ3v) is 3.44. The number of aromatic nitrogens is 1. The molecule has 0 saturated carbocycles. The number of hydrogen-bond donors (Lipinski definition) is 1. The van der Waals surface area contributed by atoms with Gasteiger partial charge in [0.05, 0.1) is 5.69 Å². The molecule has 0 spiro atoms. The molecule has 1 N–H and O–H groups in total. The van der Waals surface area contributed by atoms with E-state index in [0.29, 0.717) is 11.3 Å². The Kier molecular flexibility index (Phi) is 3.46. The van der Waals surface area contributed by atoms with E-state index in [2.05, 4.69) is 26.2 Å². The molecule has 0 aliphatic heterocycles. The lowest BCUT2D eigenvalue weighted by molar-refractivity contribution is 0.0998. The molecule has 0 aliphatic rings. The zero-order valence-electron chi connectivity index (χ0n) is 10.1. The summed E-state index contributed by atoms with van der Waals surface area (Å²) in [4.78, 5) is 16.1. The molecule has 3 rings (SSSR count). The molecule has 2 aromatic heterocycles. The average Bonchev–Trinajstić information content (AvgIpc) is 2.87. The van der Waals surface area contributed by atoms with Crippen LogP contribution in [0.25, 0.3) is 11.0 Å². The van der Waals surface area contributed by atoms with Crippen LogP contribution in [0, 0.1) is 0 Å². The number of halogens is 2. The van der Waals surface area contributed by atoms with Crippen molar-refractivity contribution in [2.45, 2.75) is 0 Å². The summed E-state index contributed by atoms with van der Waals surface area (Å²) in [6.07, 6.45) is 1.55. The summed E-state index contributed by atoms with van der Waals surface area (Å²) in [7, 11) is 0. The highest BCUT2D eigenvalue weighted by Gasteiger charge is 2.14. The Morgan fingerprint density at radius 2 is 2.10 bits per heavy atom. The Hall–Kier alpha value is -1.85. The molecule has 20 heavy (non-hydrogen) atoms. The number of rotatable bonds is 2. The van der Waals surface area contributed by atoms with E-state index in [4.69, 9.17) is 16.0 Å². The predicted molar refractivity (Wildman–Crippen MR) is 81.1 cm³/mol. The van der Waals surface area contributed by atoms with E-state index >= 15 is 0 Å². The number of carbonyl (C=O) groups excluding carboxylic acids is 1. The summed E-state index contributed by atoms with van der Waals surface area (Å²) in [6, 6.07) is 10.8. The first-order valence-electron chi connectivity index (χ1n) is 5.74. The van der Waals surface area contributed by atoms with E-state index in [9.17, 15) is 4.79 Å². The fourth-order valence-electron chi connectivity index (χ4n) is 1.79. The van der Waals surface area contributed by atoms with Gasteiger partial charge in [-0.05, 0) is 34.1 Å². The summed E-state index contributed by atoms with van der Waals surface area (Å²) in [5.41, 5.74) is 1.09. The van der Waals surface area contributed by atoms with Crippen molar-refractivity contribution in [2.75, 3.05) is 5.32 Å². The fourth-order valence-corrected chi connectivity index (χ4v) is 2.27. The molecule has 1 aromatic carbocycles. The zero-order chi connectivity index (χ0) is 14.1. The van der Waals surface area contributed by atoms with Gasteiger partial charge in [0.25, 0.3) is 5.91 Å². The molecular formula is C14H8BrClN2O2. The van der Waals surface area contributed by atoms with Gasteiger partial charge in [0, 0.05) is 16.1 Å². The van der Waals surface area contributed by atoms with E-state index < -0.39 is 0 Å². The highest BCUT2D eigenvalue weighted by molar-refractivity contribution is 9.10. The lowest BCUT2D eigenvalue weighted by atomic mass is 10.2. The van der Waals surface area contributed by atoms with Crippen molar-refractivity contribution in [2.24, 2.45) is 0 Å². The molecule has 1 amide bonds. The largest absolute Gasteiger partial charge is 0.451 e. The van der Waals surface area contributed by atoms with Crippen LogP contribution in [0.2, 0.25) is 5.15 Å². The standard InChI is InChI=1S/C14H8BrClN2O2/c15-9-6-10(13(16)17-7-9)18-14(19)12-5-8-3-1-2-4-11(8)20-12/h1-7H,(H,18,19). The fraction of sp³-hybridized carbons (Fsp3) is 0. The maximum atomic E-state index is 12.1. The van der Waals surface area contributed by atoms with Gasteiger partial charge in [-0.1, -0.05) is 29.8 Å². The maximum absolute atomic E-state index is 12.1. The third-order valence-electron chi connectivity index (χ3n) is 2.70. The smallest absolute Gasteiger partial charge is 0.291 e. The van der Waals surface area contributed by atoms with Crippen LogP contribution in [0.1, 0.15) is 10.6 Å². The second kappa shape index (κ2) is 5.26. The van der Waals surface area contributed by atoms with Gasteiger partial charge in [-0.25, -0.2) is 4.98 Å². The molecule has 0 radical (unpaired) electrons. The van der Waals surface area contributed by atoms with Crippen LogP contribution in [0.5, 0.6) is 0 Å². The Labute approximate surface area is 127 Å². The summed E-state index contributed by atoms with van der Waals surface area (Å²) < 4.78 is 6.21. The number of fused-ring (bicyclic) bond motifs is 1. The lowest BCUT2D eigenvalue weighted by Gasteiger charge is -2.04. The Morgan fingerprint density at radius 1 is 1.30 bits per heavy atom. The van der Waals surface area contributed by atoms with Gasteiger partial charge >= 0.3 is 0 Å². The van der Waals surface area contributed by atoms with E-state index in [0.717, 1.165) is 9.86 Å². The van der Waals surface area contributed by atoms with E-state index in [-0.39, 0.29) is 16.8 Å². The van der Waals surface area contributed by atoms with Crippen LogP contribution in [0.4, 0.5) is 5.69 Å². The second-order valence-corrected chi connectivity index (χ2v) is 5.37. The van der Waals surface area contributed by atoms with Gasteiger partial charge < -0.3 is 9.73 Å². The number of nitrogens with one attached hydrogen (secondary N) is 1. The van der Waals surface area contributed by atoms with Gasteiger partial charge in [-0.15, -0.1) is 0 Å². The minimum Gasteiger partial charge on any atom is -0.451 e. The highest BCUT2D eigenvalue weighted by Crippen LogP contribution is 2.25. The molecule has 0 fully saturated rings. The van der Waals surface area contributed by atoms with Gasteiger partial charge in [0.1, 0.15) is 5.58 Å². The van der Waals surface area contributed by atoms with Crippen molar-refractivity contribution in [3.8, 4) is 0 Å². The van der Waals surface area contributed by atoms with Crippen molar-refractivity contribution < 1.29 is 9.21 Å². The third kappa shape index (κ3) is 2.55. The summed E-state index contributed by atoms with van der Waals surface area (Å²) in [5, 5.41) is 3.76. The summed E-state index contributed by atoms with van der Waals surface area (Å²) in [6.45, 7) is 0. The van der Waals surface area contributed by atoms with Crippen molar-refractivity contribution in [3.63, 3.8) is 0 Å². The van der Waals surface area contributed by atoms with E-state index in [1.165, 1.54) is 0 Å². The summed E-state index contributed by atoms with van der Waals surface area (Å²) >= 11 is 9.20. The number of hydrogen-bond acceptors (Lipinski definition) is 3. The molecule has 0 unspecified atom stereocenters. The quantitative estimate of drug-likeness (QED) is 0.692. The molecular weight excluding hydrogens is 344 g/mol. The molecule has 4 nitrogen and oxygen atoms in total. The van der Waals surface area contributed by atoms with Crippen LogP contribution in [-0.4, -0.2) is 10.9 Å². The zero-order valence-corrected chi connectivity index (χ0v) is 12.4. The lowest BCUT2D eigenvalue weighted by Crippen LogP contribution is -2.11. The molecule has 100 valence electrons. The van der Waals surface area contributed by atoms with Crippen molar-refractivity contribution in [3.05, 3.63) is 58.0 Å². The van der Waals surface area contributed by atoms with Crippen molar-refractivity contribution >= 4 is 50.1 Å². The SMILES string of the molecule is O=C(Nc1cc(Br)cnc1Cl)c1cc2ccccc2o1. The number of carbonyl (C=O) groups is 1. The minimum atomic E-state index is -0.372. The topological polar surface area (TPSA) is 55.1 Å². The Balaban J connectivity index is 1.90. The Bertz CT molecular complexity index is 768. The van der Waals surface area contributed by atoms with Crippen LogP contribution in [0.15, 0.2) is 51.5 Å². The molecule has 0 bridgehead atoms. The van der Waals surface area contributed by atoms with Gasteiger partial charge in [0.15, 0.2) is 10.9 Å². The highest BCUT2D eigenvalue weighted by atomic mass is 79.9. The summed E-state index contributed by atoms with van der Waals surface area (Å²) in [5.74, 6) is -0.148. The molecule has 3 aromatic rings. The normalized spacial score (nSPS) is 10.7. The first-order valence-corrected chi connectivity index (χ1v) is 6.91. The number of amides is 1. The monoisotopic (exact) mass is 350 g/mol. The van der Waals surface area contributed by atoms with E-state index in [1.54, 1.807) is 24.4 Å². The van der Waals surface area contributed by atoms with Crippen LogP contribution >= 0.6 is 27.5 Å².